The van der Waals surface area contributed by atoms with Gasteiger partial charge in [0.05, 0.1) is 0 Å². The van der Waals surface area contributed by atoms with Crippen molar-refractivity contribution in [1.82, 2.24) is 15.1 Å². The van der Waals surface area contributed by atoms with Gasteiger partial charge >= 0.3 is 0 Å². The van der Waals surface area contributed by atoms with Crippen molar-refractivity contribution in [3.8, 4) is 0 Å². The second-order valence-electron chi connectivity index (χ2n) is 5.08. The minimum absolute atomic E-state index is 0.0450. The predicted octanol–water partition coefficient (Wildman–Crippen LogP) is 4.16. The summed E-state index contributed by atoms with van der Waals surface area (Å²) in [6.07, 6.45) is 1.32. The Bertz CT molecular complexity index is 783. The highest BCUT2D eigenvalue weighted by atomic mass is 35.5. The van der Waals surface area contributed by atoms with Crippen molar-refractivity contribution < 1.29 is 9.32 Å². The topological polar surface area (TPSA) is 71.6 Å². The molecule has 25 heavy (non-hydrogen) atoms. The second kappa shape index (κ2) is 8.99. The molecule has 0 spiro atoms. The third kappa shape index (κ3) is 5.56. The van der Waals surface area contributed by atoms with E-state index in [1.165, 1.54) is 6.92 Å². The summed E-state index contributed by atoms with van der Waals surface area (Å²) >= 11 is 17.4. The number of aromatic nitrogens is 2. The average Bonchev–Trinajstić information content (AvgIpc) is 3.05. The standard InChI is InChI=1S/C16H15Cl3N4O2/c1-10(17)15(19)16(24)23(20-2)9-14-21-13(22-25-14)8-5-11-3-6-12(18)7-4-11/h3-4,6-7H,2,5,8-9H2,1H3/b15-10-. The number of carbonyl (C=O) groups is 1. The molecule has 0 unspecified atom stereocenters. The van der Waals surface area contributed by atoms with E-state index in [0.29, 0.717) is 17.3 Å². The molecule has 1 aromatic carbocycles. The van der Waals surface area contributed by atoms with Crippen LogP contribution in [0.25, 0.3) is 0 Å². The van der Waals surface area contributed by atoms with Crippen LogP contribution in [0, 0.1) is 0 Å². The number of amides is 1. The number of benzene rings is 1. The lowest BCUT2D eigenvalue weighted by Crippen LogP contribution is -2.25. The van der Waals surface area contributed by atoms with E-state index < -0.39 is 5.91 Å². The molecule has 1 amide bonds. The molecule has 0 atom stereocenters. The van der Waals surface area contributed by atoms with Crippen LogP contribution in [0.5, 0.6) is 0 Å². The van der Waals surface area contributed by atoms with Gasteiger partial charge in [-0.15, -0.1) is 0 Å². The van der Waals surface area contributed by atoms with Crippen molar-refractivity contribution in [3.05, 3.63) is 56.6 Å². The summed E-state index contributed by atoms with van der Waals surface area (Å²) < 4.78 is 5.14. The fraction of sp³-hybridized carbons (Fsp3) is 0.250. The zero-order valence-corrected chi connectivity index (χ0v) is 15.6. The highest BCUT2D eigenvalue weighted by Gasteiger charge is 2.20. The molecule has 9 heteroatoms. The molecule has 0 aliphatic carbocycles. The Kier molecular flexibility index (Phi) is 6.99. The fourth-order valence-corrected chi connectivity index (χ4v) is 2.24. The first kappa shape index (κ1) is 19.4. The summed E-state index contributed by atoms with van der Waals surface area (Å²) in [6.45, 7) is 4.80. The summed E-state index contributed by atoms with van der Waals surface area (Å²) in [5, 5.41) is 9.22. The molecule has 1 aromatic heterocycles. The van der Waals surface area contributed by atoms with Crippen LogP contribution >= 0.6 is 34.8 Å². The summed E-state index contributed by atoms with van der Waals surface area (Å²) in [5.41, 5.74) is 1.11. The molecular weight excluding hydrogens is 387 g/mol. The van der Waals surface area contributed by atoms with Crippen molar-refractivity contribution in [2.75, 3.05) is 0 Å². The Hall–Kier alpha value is -1.89. The number of rotatable bonds is 7. The maximum Gasteiger partial charge on any atom is 0.287 e. The van der Waals surface area contributed by atoms with E-state index >= 15 is 0 Å². The predicted molar refractivity (Wildman–Crippen MR) is 97.7 cm³/mol. The van der Waals surface area contributed by atoms with Crippen LogP contribution in [0.15, 0.2) is 44.0 Å². The number of carbonyl (C=O) groups excluding carboxylic acids is 1. The van der Waals surface area contributed by atoms with Gasteiger partial charge in [-0.3, -0.25) is 4.79 Å². The largest absolute Gasteiger partial charge is 0.337 e. The molecule has 6 nitrogen and oxygen atoms in total. The SMILES string of the molecule is C=NN(Cc1nc(CCc2ccc(Cl)cc2)no1)C(=O)/C(Cl)=C(\C)Cl. The summed E-state index contributed by atoms with van der Waals surface area (Å²) in [6, 6.07) is 7.53. The molecule has 0 N–H and O–H groups in total. The van der Waals surface area contributed by atoms with Gasteiger partial charge in [0.2, 0.25) is 5.89 Å². The summed E-state index contributed by atoms with van der Waals surface area (Å²) in [7, 11) is 0. The molecule has 0 fully saturated rings. The van der Waals surface area contributed by atoms with E-state index in [2.05, 4.69) is 22.0 Å². The van der Waals surface area contributed by atoms with Gasteiger partial charge in [0, 0.05) is 23.2 Å². The monoisotopic (exact) mass is 400 g/mol. The van der Waals surface area contributed by atoms with Gasteiger partial charge in [0.25, 0.3) is 5.91 Å². The number of nitrogens with zero attached hydrogens (tertiary/aromatic N) is 4. The average molecular weight is 402 g/mol. The van der Waals surface area contributed by atoms with Gasteiger partial charge in [0.1, 0.15) is 11.6 Å². The maximum atomic E-state index is 12.1. The van der Waals surface area contributed by atoms with Crippen LogP contribution in [0.4, 0.5) is 0 Å². The van der Waals surface area contributed by atoms with Crippen LogP contribution in [0.2, 0.25) is 5.02 Å². The Morgan fingerprint density at radius 3 is 2.56 bits per heavy atom. The highest BCUT2D eigenvalue weighted by Crippen LogP contribution is 2.18. The molecule has 1 heterocycles. The van der Waals surface area contributed by atoms with Crippen LogP contribution in [0.3, 0.4) is 0 Å². The second-order valence-corrected chi connectivity index (χ2v) is 6.46. The van der Waals surface area contributed by atoms with Crippen molar-refractivity contribution in [3.63, 3.8) is 0 Å². The number of halogens is 3. The lowest BCUT2D eigenvalue weighted by Gasteiger charge is -2.13. The molecule has 132 valence electrons. The minimum atomic E-state index is -0.593. The molecule has 0 aliphatic heterocycles. The Morgan fingerprint density at radius 2 is 1.96 bits per heavy atom. The first-order valence-electron chi connectivity index (χ1n) is 7.27. The number of hydrazone groups is 1. The van der Waals surface area contributed by atoms with Crippen molar-refractivity contribution in [2.24, 2.45) is 5.10 Å². The molecular formula is C16H15Cl3N4O2. The highest BCUT2D eigenvalue weighted by molar-refractivity contribution is 6.47. The molecule has 0 saturated carbocycles. The zero-order chi connectivity index (χ0) is 18.4. The van der Waals surface area contributed by atoms with E-state index in [-0.39, 0.29) is 22.5 Å². The molecule has 2 rings (SSSR count). The quantitative estimate of drug-likeness (QED) is 0.397. The third-order valence-electron chi connectivity index (χ3n) is 3.24. The van der Waals surface area contributed by atoms with Crippen LogP contribution < -0.4 is 0 Å². The number of allylic oxidation sites excluding steroid dienone is 1. The van der Waals surface area contributed by atoms with E-state index in [1.54, 1.807) is 0 Å². The lowest BCUT2D eigenvalue weighted by atomic mass is 10.1. The summed E-state index contributed by atoms with van der Waals surface area (Å²) in [5.74, 6) is 0.158. The number of hydrogen-bond donors (Lipinski definition) is 0. The van der Waals surface area contributed by atoms with E-state index in [1.807, 2.05) is 24.3 Å². The lowest BCUT2D eigenvalue weighted by molar-refractivity contribution is -0.127. The molecule has 0 aliphatic rings. The number of hydrogen-bond acceptors (Lipinski definition) is 5. The van der Waals surface area contributed by atoms with Crippen LogP contribution in [-0.2, 0) is 24.2 Å². The van der Waals surface area contributed by atoms with Gasteiger partial charge < -0.3 is 4.52 Å². The molecule has 0 saturated heterocycles. The minimum Gasteiger partial charge on any atom is -0.337 e. The first-order valence-corrected chi connectivity index (χ1v) is 8.40. The molecule has 0 bridgehead atoms. The van der Waals surface area contributed by atoms with Gasteiger partial charge in [-0.2, -0.15) is 10.1 Å². The van der Waals surface area contributed by atoms with Crippen molar-refractivity contribution >= 4 is 47.4 Å². The normalized spacial score (nSPS) is 11.8. The molecule has 0 radical (unpaired) electrons. The van der Waals surface area contributed by atoms with Crippen molar-refractivity contribution in [2.45, 2.75) is 26.3 Å². The Morgan fingerprint density at radius 1 is 1.28 bits per heavy atom. The van der Waals surface area contributed by atoms with Gasteiger partial charge in [-0.05, 0) is 31.0 Å². The van der Waals surface area contributed by atoms with Gasteiger partial charge in [-0.1, -0.05) is 52.1 Å². The van der Waals surface area contributed by atoms with Crippen LogP contribution in [0.1, 0.15) is 24.2 Å². The number of aryl methyl sites for hydroxylation is 2. The molecule has 2 aromatic rings. The summed E-state index contributed by atoms with van der Waals surface area (Å²) in [4.78, 5) is 16.3. The van der Waals surface area contributed by atoms with Crippen LogP contribution in [-0.4, -0.2) is 27.8 Å². The maximum absolute atomic E-state index is 12.1. The fourth-order valence-electron chi connectivity index (χ4n) is 1.94. The van der Waals surface area contributed by atoms with Gasteiger partial charge in [-0.25, -0.2) is 5.01 Å². The Balaban J connectivity index is 1.98. The first-order chi connectivity index (χ1) is 11.9. The smallest absolute Gasteiger partial charge is 0.287 e. The van der Waals surface area contributed by atoms with Gasteiger partial charge in [0.15, 0.2) is 5.82 Å². The van der Waals surface area contributed by atoms with E-state index in [4.69, 9.17) is 39.3 Å². The third-order valence-corrected chi connectivity index (χ3v) is 4.22. The Labute approximate surface area is 160 Å². The zero-order valence-electron chi connectivity index (χ0n) is 13.4. The van der Waals surface area contributed by atoms with E-state index in [0.717, 1.165) is 17.0 Å². The van der Waals surface area contributed by atoms with Crippen molar-refractivity contribution in [1.29, 1.82) is 0 Å². The van der Waals surface area contributed by atoms with E-state index in [9.17, 15) is 4.79 Å².